The van der Waals surface area contributed by atoms with Crippen molar-refractivity contribution < 1.29 is 0 Å². The highest BCUT2D eigenvalue weighted by atomic mass is 16.6. The number of hydroxylamine groups is 1. The fourth-order valence-electron chi connectivity index (χ4n) is 1.54. The number of hydrogen-bond acceptors (Lipinski definition) is 2. The van der Waals surface area contributed by atoms with E-state index in [9.17, 15) is 5.21 Å². The van der Waals surface area contributed by atoms with E-state index in [0.29, 0.717) is 6.54 Å². The van der Waals surface area contributed by atoms with E-state index in [1.54, 1.807) is 0 Å². The molecule has 0 amide bonds. The van der Waals surface area contributed by atoms with Crippen molar-refractivity contribution >= 4 is 11.4 Å². The first-order chi connectivity index (χ1) is 6.21. The summed E-state index contributed by atoms with van der Waals surface area (Å²) in [6.45, 7) is 2.44. The van der Waals surface area contributed by atoms with Crippen LogP contribution >= 0.6 is 0 Å². The fraction of sp³-hybridized carbons (Fsp3) is 0.300. The average molecular weight is 176 g/mol. The van der Waals surface area contributed by atoms with Gasteiger partial charge >= 0.3 is 0 Å². The number of quaternary nitrogens is 1. The Hall–Kier alpha value is -1.19. The van der Waals surface area contributed by atoms with Crippen molar-refractivity contribution in [2.45, 2.75) is 13.3 Å². The van der Waals surface area contributed by atoms with Crippen LogP contribution in [0.3, 0.4) is 0 Å². The Morgan fingerprint density at radius 2 is 2.00 bits per heavy atom. The summed E-state index contributed by atoms with van der Waals surface area (Å²) in [6, 6.07) is 9.30. The van der Waals surface area contributed by atoms with Crippen molar-refractivity contribution in [1.29, 1.82) is 0 Å². The van der Waals surface area contributed by atoms with Crippen molar-refractivity contribution in [3.63, 3.8) is 0 Å². The molecule has 0 bridgehead atoms. The monoisotopic (exact) mass is 176 g/mol. The molecule has 1 aliphatic rings. The number of benzene rings is 1. The van der Waals surface area contributed by atoms with E-state index in [-0.39, 0.29) is 0 Å². The van der Waals surface area contributed by atoms with Crippen molar-refractivity contribution in [3.05, 3.63) is 35.5 Å². The Labute approximate surface area is 77.5 Å². The Morgan fingerprint density at radius 1 is 1.31 bits per heavy atom. The minimum Gasteiger partial charge on any atom is -0.599 e. The molecular weight excluding hydrogens is 164 g/mol. The third-order valence-corrected chi connectivity index (χ3v) is 2.27. The summed E-state index contributed by atoms with van der Waals surface area (Å²) in [5, 5.41) is 16.2. The summed E-state index contributed by atoms with van der Waals surface area (Å²) in [4.78, 5) is 0. The molecule has 3 nitrogen and oxygen atoms in total. The van der Waals surface area contributed by atoms with Crippen LogP contribution in [0.25, 0.3) is 0 Å². The van der Waals surface area contributed by atoms with E-state index in [1.807, 2.05) is 37.3 Å². The molecule has 0 N–H and O–H groups in total. The van der Waals surface area contributed by atoms with Crippen LogP contribution < -0.4 is 4.76 Å². The molecule has 1 aromatic rings. The largest absolute Gasteiger partial charge is 0.599 e. The van der Waals surface area contributed by atoms with Crippen molar-refractivity contribution in [3.8, 4) is 0 Å². The minimum absolute atomic E-state index is 0.535. The molecule has 0 spiro atoms. The van der Waals surface area contributed by atoms with E-state index in [1.165, 1.54) is 0 Å². The molecule has 1 heterocycles. The number of nitrogens with zero attached hydrogens (tertiary/aromatic N) is 2. The maximum absolute atomic E-state index is 12.1. The van der Waals surface area contributed by atoms with Gasteiger partial charge in [-0.25, -0.2) is 0 Å². The molecule has 0 aromatic heterocycles. The Kier molecular flexibility index (Phi) is 1.90. The highest BCUT2D eigenvalue weighted by Gasteiger charge is 2.26. The van der Waals surface area contributed by atoms with Gasteiger partial charge < -0.3 is 5.21 Å². The van der Waals surface area contributed by atoms with Gasteiger partial charge in [0.15, 0.2) is 5.69 Å². The Balaban J connectivity index is 2.37. The molecule has 0 fully saturated rings. The van der Waals surface area contributed by atoms with Gasteiger partial charge in [0.25, 0.3) is 0 Å². The van der Waals surface area contributed by atoms with Gasteiger partial charge in [-0.1, -0.05) is 23.3 Å². The Morgan fingerprint density at radius 3 is 2.54 bits per heavy atom. The van der Waals surface area contributed by atoms with E-state index in [0.717, 1.165) is 17.8 Å². The number of para-hydroxylation sites is 1. The Bertz CT molecular complexity index is 334. The van der Waals surface area contributed by atoms with Crippen molar-refractivity contribution in [2.24, 2.45) is 5.10 Å². The topological polar surface area (TPSA) is 35.4 Å². The summed E-state index contributed by atoms with van der Waals surface area (Å²) in [5.41, 5.74) is 1.67. The molecule has 1 unspecified atom stereocenters. The standard InChI is InChI=1S/C10H12N2O/c1-9-7-8-12(13,11-9)10-5-3-2-4-6-10/h2-6H,7-8H2,1H3. The molecule has 13 heavy (non-hydrogen) atoms. The molecule has 68 valence electrons. The maximum Gasteiger partial charge on any atom is 0.159 e. The SMILES string of the molecule is CC1=N[N+]([O-])(c2ccccc2)CC1. The first-order valence-corrected chi connectivity index (χ1v) is 4.41. The van der Waals surface area contributed by atoms with Crippen LogP contribution in [0.15, 0.2) is 35.4 Å². The molecule has 0 saturated heterocycles. The smallest absolute Gasteiger partial charge is 0.159 e. The zero-order valence-corrected chi connectivity index (χ0v) is 7.60. The zero-order chi connectivity index (χ0) is 9.31. The highest BCUT2D eigenvalue weighted by molar-refractivity contribution is 5.84. The lowest BCUT2D eigenvalue weighted by molar-refractivity contribution is 0.430. The second-order valence-corrected chi connectivity index (χ2v) is 3.35. The van der Waals surface area contributed by atoms with Crippen LogP contribution in [0.2, 0.25) is 0 Å². The molecule has 0 saturated carbocycles. The minimum atomic E-state index is -0.535. The van der Waals surface area contributed by atoms with Crippen LogP contribution in [0, 0.1) is 5.21 Å². The lowest BCUT2D eigenvalue weighted by Gasteiger charge is -2.31. The quantitative estimate of drug-likeness (QED) is 0.477. The second kappa shape index (κ2) is 2.94. The summed E-state index contributed by atoms with van der Waals surface area (Å²) in [7, 11) is 0. The van der Waals surface area contributed by atoms with Gasteiger partial charge in [0.05, 0.1) is 5.71 Å². The van der Waals surface area contributed by atoms with Gasteiger partial charge in [-0.05, 0) is 6.92 Å². The van der Waals surface area contributed by atoms with E-state index in [2.05, 4.69) is 5.10 Å². The first kappa shape index (κ1) is 8.41. The third-order valence-electron chi connectivity index (χ3n) is 2.27. The molecule has 1 atom stereocenters. The summed E-state index contributed by atoms with van der Waals surface area (Å²) < 4.78 is -0.535. The van der Waals surface area contributed by atoms with E-state index in [4.69, 9.17) is 0 Å². The van der Waals surface area contributed by atoms with Crippen LogP contribution in [0.4, 0.5) is 5.69 Å². The van der Waals surface area contributed by atoms with Gasteiger partial charge in [-0.15, -0.1) is 0 Å². The summed E-state index contributed by atoms with van der Waals surface area (Å²) in [5.74, 6) is 0. The lowest BCUT2D eigenvalue weighted by Crippen LogP contribution is -2.34. The van der Waals surface area contributed by atoms with Crippen LogP contribution in [0.1, 0.15) is 13.3 Å². The van der Waals surface area contributed by atoms with Gasteiger partial charge in [-0.2, -0.15) is 4.76 Å². The highest BCUT2D eigenvalue weighted by Crippen LogP contribution is 2.26. The first-order valence-electron chi connectivity index (χ1n) is 4.41. The molecule has 1 aliphatic heterocycles. The van der Waals surface area contributed by atoms with E-state index < -0.39 is 4.76 Å². The van der Waals surface area contributed by atoms with Crippen LogP contribution in [0.5, 0.6) is 0 Å². The van der Waals surface area contributed by atoms with Gasteiger partial charge in [-0.3, -0.25) is 0 Å². The molecule has 0 radical (unpaired) electrons. The predicted molar refractivity (Wildman–Crippen MR) is 54.2 cm³/mol. The molecule has 3 heteroatoms. The fourth-order valence-corrected chi connectivity index (χ4v) is 1.54. The maximum atomic E-state index is 12.1. The van der Waals surface area contributed by atoms with Gasteiger partial charge in [0, 0.05) is 18.6 Å². The van der Waals surface area contributed by atoms with Gasteiger partial charge in [0.1, 0.15) is 6.54 Å². The predicted octanol–water partition coefficient (Wildman–Crippen LogP) is 2.27. The molecule has 0 aliphatic carbocycles. The average Bonchev–Trinajstić information content (AvgIpc) is 2.49. The number of hydrogen-bond donors (Lipinski definition) is 0. The van der Waals surface area contributed by atoms with E-state index >= 15 is 0 Å². The zero-order valence-electron chi connectivity index (χ0n) is 7.60. The van der Waals surface area contributed by atoms with Crippen LogP contribution in [-0.2, 0) is 0 Å². The van der Waals surface area contributed by atoms with Crippen molar-refractivity contribution in [1.82, 2.24) is 4.76 Å². The van der Waals surface area contributed by atoms with Crippen LogP contribution in [-0.4, -0.2) is 12.3 Å². The summed E-state index contributed by atoms with van der Waals surface area (Å²) in [6.07, 6.45) is 0.804. The van der Waals surface area contributed by atoms with Gasteiger partial charge in [0.2, 0.25) is 0 Å². The number of rotatable bonds is 1. The normalized spacial score (nSPS) is 27.4. The van der Waals surface area contributed by atoms with Crippen molar-refractivity contribution in [2.75, 3.05) is 6.54 Å². The molecular formula is C10H12N2O. The summed E-state index contributed by atoms with van der Waals surface area (Å²) >= 11 is 0. The molecule has 2 rings (SSSR count). The molecule has 1 aromatic carbocycles. The lowest BCUT2D eigenvalue weighted by atomic mass is 10.3. The second-order valence-electron chi connectivity index (χ2n) is 3.35. The third kappa shape index (κ3) is 1.48.